The van der Waals surface area contributed by atoms with E-state index in [0.29, 0.717) is 6.42 Å². The Balaban J connectivity index is 1.33. The van der Waals surface area contributed by atoms with Crippen molar-refractivity contribution in [1.82, 2.24) is 0 Å². The molecule has 2 aromatic rings. The number of benzene rings is 2. The lowest BCUT2D eigenvalue weighted by Crippen LogP contribution is -2.28. The number of rotatable bonds is 14. The Hall–Kier alpha value is -3.33. The molecule has 184 valence electrons. The largest absolute Gasteiger partial charge is 0.453 e. The van der Waals surface area contributed by atoms with E-state index in [1.54, 1.807) is 4.90 Å². The molecule has 1 aliphatic heterocycles. The van der Waals surface area contributed by atoms with Gasteiger partial charge in [0.05, 0.1) is 11.4 Å². The molecule has 3 rings (SSSR count). The van der Waals surface area contributed by atoms with Crippen molar-refractivity contribution >= 4 is 17.3 Å². The number of hydrogen-bond donors (Lipinski definition) is 0. The zero-order valence-corrected chi connectivity index (χ0v) is 21.1. The summed E-state index contributed by atoms with van der Waals surface area (Å²) in [5.74, 6) is 1.55. The Morgan fingerprint density at radius 2 is 1.17 bits per heavy atom. The molecule has 0 N–H and O–H groups in total. The molecule has 1 amide bonds. The van der Waals surface area contributed by atoms with Gasteiger partial charge in [-0.2, -0.15) is 0 Å². The van der Waals surface area contributed by atoms with E-state index < -0.39 is 0 Å². The molecule has 0 saturated carbocycles. The van der Waals surface area contributed by atoms with Gasteiger partial charge in [-0.3, -0.25) is 9.69 Å². The van der Waals surface area contributed by atoms with Crippen LogP contribution in [0.3, 0.4) is 0 Å². The molecule has 1 heterocycles. The van der Waals surface area contributed by atoms with Gasteiger partial charge in [0.25, 0.3) is 0 Å². The van der Waals surface area contributed by atoms with Crippen molar-refractivity contribution in [2.75, 3.05) is 4.90 Å². The lowest BCUT2D eigenvalue weighted by atomic mass is 10.1. The highest BCUT2D eigenvalue weighted by molar-refractivity contribution is 6.04. The normalized spacial score (nSPS) is 13.1. The van der Waals surface area contributed by atoms with Crippen molar-refractivity contribution in [3.8, 4) is 11.5 Å². The molecule has 0 spiro atoms. The van der Waals surface area contributed by atoms with Crippen molar-refractivity contribution in [2.45, 2.75) is 71.1 Å². The highest BCUT2D eigenvalue weighted by Gasteiger charge is 2.28. The third-order valence-corrected chi connectivity index (χ3v) is 5.90. The molecule has 0 unspecified atom stereocenters. The lowest BCUT2D eigenvalue weighted by molar-refractivity contribution is -0.118. The molecule has 3 heteroatoms. The van der Waals surface area contributed by atoms with Crippen LogP contribution >= 0.6 is 0 Å². The second-order valence-electron chi connectivity index (χ2n) is 8.75. The topological polar surface area (TPSA) is 29.5 Å². The number of carbonyl (C=O) groups is 1. The molecular formula is C32H39NO2. The molecule has 0 aliphatic carbocycles. The quantitative estimate of drug-likeness (QED) is 0.204. The fourth-order valence-electron chi connectivity index (χ4n) is 4.02. The minimum atomic E-state index is 0.101. The van der Waals surface area contributed by atoms with Gasteiger partial charge in [0.15, 0.2) is 11.5 Å². The predicted molar refractivity (Wildman–Crippen MR) is 149 cm³/mol. The molecule has 0 fully saturated rings. The number of nitrogens with zero attached hydrogens (tertiary/aromatic N) is 1. The average molecular weight is 470 g/mol. The highest BCUT2D eigenvalue weighted by Crippen LogP contribution is 2.46. The van der Waals surface area contributed by atoms with E-state index in [0.717, 1.165) is 55.0 Å². The third kappa shape index (κ3) is 8.75. The van der Waals surface area contributed by atoms with E-state index in [1.807, 2.05) is 48.5 Å². The van der Waals surface area contributed by atoms with E-state index in [9.17, 15) is 4.79 Å². The number of para-hydroxylation sites is 4. The van der Waals surface area contributed by atoms with Crippen LogP contribution in [0.15, 0.2) is 97.1 Å². The Morgan fingerprint density at radius 1 is 0.686 bits per heavy atom. The van der Waals surface area contributed by atoms with E-state index in [2.05, 4.69) is 55.5 Å². The molecule has 3 nitrogen and oxygen atoms in total. The molecule has 2 aromatic carbocycles. The van der Waals surface area contributed by atoms with Gasteiger partial charge in [0.1, 0.15) is 0 Å². The van der Waals surface area contributed by atoms with Crippen LogP contribution in [-0.2, 0) is 4.79 Å². The van der Waals surface area contributed by atoms with Gasteiger partial charge in [-0.25, -0.2) is 0 Å². The van der Waals surface area contributed by atoms with Crippen molar-refractivity contribution in [2.24, 2.45) is 0 Å². The van der Waals surface area contributed by atoms with Gasteiger partial charge in [0, 0.05) is 6.42 Å². The van der Waals surface area contributed by atoms with Crippen LogP contribution in [0.25, 0.3) is 0 Å². The summed E-state index contributed by atoms with van der Waals surface area (Å²) in [5, 5.41) is 0. The van der Waals surface area contributed by atoms with Crippen LogP contribution in [0.1, 0.15) is 71.1 Å². The second kappa shape index (κ2) is 15.5. The highest BCUT2D eigenvalue weighted by atomic mass is 16.5. The fraction of sp³-hybridized carbons (Fsp3) is 0.344. The first kappa shape index (κ1) is 26.3. The number of amides is 1. The van der Waals surface area contributed by atoms with Gasteiger partial charge >= 0.3 is 0 Å². The summed E-state index contributed by atoms with van der Waals surface area (Å²) in [4.78, 5) is 14.9. The summed E-state index contributed by atoms with van der Waals surface area (Å²) < 4.78 is 5.98. The van der Waals surface area contributed by atoms with Crippen molar-refractivity contribution < 1.29 is 9.53 Å². The van der Waals surface area contributed by atoms with Crippen LogP contribution in [0.4, 0.5) is 11.4 Å². The summed E-state index contributed by atoms with van der Waals surface area (Å²) in [6.45, 7) is 2.24. The zero-order chi connectivity index (χ0) is 24.6. The van der Waals surface area contributed by atoms with Crippen LogP contribution < -0.4 is 9.64 Å². The molecule has 35 heavy (non-hydrogen) atoms. The number of ether oxygens (including phenoxy) is 1. The van der Waals surface area contributed by atoms with Crippen LogP contribution in [0.5, 0.6) is 11.5 Å². The Morgan fingerprint density at radius 3 is 1.71 bits per heavy atom. The second-order valence-corrected chi connectivity index (χ2v) is 8.75. The summed E-state index contributed by atoms with van der Waals surface area (Å²) >= 11 is 0. The number of anilines is 2. The van der Waals surface area contributed by atoms with Crippen LogP contribution in [-0.4, -0.2) is 5.91 Å². The van der Waals surface area contributed by atoms with E-state index in [4.69, 9.17) is 4.74 Å². The predicted octanol–water partition coefficient (Wildman–Crippen LogP) is 9.60. The number of allylic oxidation sites excluding steroid dienone is 8. The van der Waals surface area contributed by atoms with Crippen molar-refractivity contribution in [3.05, 3.63) is 97.1 Å². The van der Waals surface area contributed by atoms with Gasteiger partial charge in [-0.1, -0.05) is 92.6 Å². The maximum Gasteiger partial charge on any atom is 0.231 e. The van der Waals surface area contributed by atoms with Gasteiger partial charge in [-0.05, 0) is 69.2 Å². The van der Waals surface area contributed by atoms with Crippen LogP contribution in [0, 0.1) is 0 Å². The number of unbranched alkanes of at least 4 members (excludes halogenated alkanes) is 4. The standard InChI is InChI=1S/C32H39NO2/c1-2-3-4-5-6-7-8-9-10-11-12-13-14-15-16-17-18-27-32(34)33-28-23-19-21-25-30(28)35-31-26-22-20-24-29(31)33/h6-7,9-10,12-13,15-16,19-26H,2-5,8,11,14,17-18,27H2,1H3/b7-6-,10-9-,13-12-,16-15-. The van der Waals surface area contributed by atoms with Crippen LogP contribution in [0.2, 0.25) is 0 Å². The Kier molecular flexibility index (Phi) is 11.7. The van der Waals surface area contributed by atoms with Gasteiger partial charge in [-0.15, -0.1) is 0 Å². The van der Waals surface area contributed by atoms with Gasteiger partial charge in [0.2, 0.25) is 5.91 Å². The molecule has 0 radical (unpaired) electrons. The zero-order valence-electron chi connectivity index (χ0n) is 21.1. The smallest absolute Gasteiger partial charge is 0.231 e. The SMILES string of the molecule is CCCCC/C=C\C/C=C\C/C=C\C/C=C\CCCC(=O)N1c2ccccc2Oc2ccccc21. The lowest BCUT2D eigenvalue weighted by Gasteiger charge is -2.31. The Bertz CT molecular complexity index is 986. The summed E-state index contributed by atoms with van der Waals surface area (Å²) in [5.41, 5.74) is 1.63. The minimum Gasteiger partial charge on any atom is -0.453 e. The number of fused-ring (bicyclic) bond motifs is 2. The molecule has 1 aliphatic rings. The van der Waals surface area contributed by atoms with E-state index in [1.165, 1.54) is 25.7 Å². The molecular weight excluding hydrogens is 430 g/mol. The molecule has 0 aromatic heterocycles. The number of carbonyl (C=O) groups excluding carboxylic acids is 1. The fourth-order valence-corrected chi connectivity index (χ4v) is 4.02. The summed E-state index contributed by atoms with van der Waals surface area (Å²) in [7, 11) is 0. The monoisotopic (exact) mass is 469 g/mol. The molecule has 0 bridgehead atoms. The maximum atomic E-state index is 13.1. The first-order chi connectivity index (χ1) is 17.3. The van der Waals surface area contributed by atoms with E-state index in [-0.39, 0.29) is 5.91 Å². The summed E-state index contributed by atoms with van der Waals surface area (Å²) in [6, 6.07) is 15.4. The average Bonchev–Trinajstić information content (AvgIpc) is 2.88. The van der Waals surface area contributed by atoms with E-state index >= 15 is 0 Å². The maximum absolute atomic E-state index is 13.1. The summed E-state index contributed by atoms with van der Waals surface area (Å²) in [6.07, 6.45) is 28.1. The molecule has 0 saturated heterocycles. The van der Waals surface area contributed by atoms with Crippen molar-refractivity contribution in [3.63, 3.8) is 0 Å². The van der Waals surface area contributed by atoms with Gasteiger partial charge < -0.3 is 4.74 Å². The molecule has 0 atom stereocenters. The minimum absolute atomic E-state index is 0.101. The third-order valence-electron chi connectivity index (χ3n) is 5.90. The first-order valence-corrected chi connectivity index (χ1v) is 13.1. The first-order valence-electron chi connectivity index (χ1n) is 13.1. The van der Waals surface area contributed by atoms with Crippen molar-refractivity contribution in [1.29, 1.82) is 0 Å². The number of hydrogen-bond acceptors (Lipinski definition) is 2. The Labute approximate surface area is 211 Å².